The number of rotatable bonds is 5. The molecule has 9 heteroatoms. The van der Waals surface area contributed by atoms with E-state index in [0.717, 1.165) is 19.0 Å². The summed E-state index contributed by atoms with van der Waals surface area (Å²) in [4.78, 5) is 29.3. The fourth-order valence-electron chi connectivity index (χ4n) is 2.93. The minimum absolute atomic E-state index is 0.247. The van der Waals surface area contributed by atoms with E-state index in [0.29, 0.717) is 17.9 Å². The Kier molecular flexibility index (Phi) is 5.43. The topological polar surface area (TPSA) is 73.7 Å². The smallest absolute Gasteiger partial charge is 0.471 e. The van der Waals surface area contributed by atoms with Crippen LogP contribution in [0.3, 0.4) is 0 Å². The van der Waals surface area contributed by atoms with Crippen molar-refractivity contribution in [3.8, 4) is 0 Å². The fraction of sp³-hybridized carbons (Fsp3) is 0.533. The van der Waals surface area contributed by atoms with Crippen LogP contribution >= 0.6 is 0 Å². The second kappa shape index (κ2) is 7.16. The van der Waals surface area contributed by atoms with E-state index in [1.54, 1.807) is 0 Å². The Morgan fingerprint density at radius 2 is 2.17 bits per heavy atom. The largest absolute Gasteiger partial charge is 0.478 e. The SMILES string of the molecule is CCN1CCCC1CN(C(=O)C(F)(F)F)c1ncccc1C(=O)O. The van der Waals surface area contributed by atoms with E-state index in [9.17, 15) is 27.9 Å². The van der Waals surface area contributed by atoms with Crippen LogP contribution in [0.15, 0.2) is 18.3 Å². The van der Waals surface area contributed by atoms with Crippen LogP contribution in [0.2, 0.25) is 0 Å². The van der Waals surface area contributed by atoms with Gasteiger partial charge in [-0.25, -0.2) is 9.78 Å². The number of halogens is 3. The summed E-state index contributed by atoms with van der Waals surface area (Å²) in [6.07, 6.45) is -2.47. The van der Waals surface area contributed by atoms with Gasteiger partial charge < -0.3 is 5.11 Å². The Balaban J connectivity index is 2.41. The number of pyridine rings is 1. The van der Waals surface area contributed by atoms with Crippen LogP contribution in [0.1, 0.15) is 30.1 Å². The number of likely N-dealkylation sites (tertiary alicyclic amines) is 1. The lowest BCUT2D eigenvalue weighted by atomic mass is 10.1. The van der Waals surface area contributed by atoms with Gasteiger partial charge in [-0.2, -0.15) is 13.2 Å². The van der Waals surface area contributed by atoms with E-state index in [4.69, 9.17) is 0 Å². The fourth-order valence-corrected chi connectivity index (χ4v) is 2.93. The summed E-state index contributed by atoms with van der Waals surface area (Å²) in [7, 11) is 0. The molecule has 0 aromatic carbocycles. The third-order valence-corrected chi connectivity index (χ3v) is 4.06. The van der Waals surface area contributed by atoms with E-state index in [2.05, 4.69) is 4.98 Å². The van der Waals surface area contributed by atoms with Gasteiger partial charge in [0.15, 0.2) is 0 Å². The van der Waals surface area contributed by atoms with Gasteiger partial charge in [0.1, 0.15) is 11.4 Å². The molecule has 1 saturated heterocycles. The lowest BCUT2D eigenvalue weighted by molar-refractivity contribution is -0.170. The zero-order chi connectivity index (χ0) is 17.9. The Morgan fingerprint density at radius 3 is 2.75 bits per heavy atom. The minimum Gasteiger partial charge on any atom is -0.478 e. The molecule has 24 heavy (non-hydrogen) atoms. The average molecular weight is 345 g/mol. The molecular formula is C15H18F3N3O3. The number of anilines is 1. The molecule has 0 aliphatic carbocycles. The van der Waals surface area contributed by atoms with Crippen molar-refractivity contribution in [3.05, 3.63) is 23.9 Å². The first kappa shape index (κ1) is 18.2. The lowest BCUT2D eigenvalue weighted by Crippen LogP contribution is -2.48. The first-order valence-electron chi connectivity index (χ1n) is 7.56. The van der Waals surface area contributed by atoms with E-state index in [-0.39, 0.29) is 12.6 Å². The molecule has 6 nitrogen and oxygen atoms in total. The van der Waals surface area contributed by atoms with Crippen molar-refractivity contribution in [3.63, 3.8) is 0 Å². The van der Waals surface area contributed by atoms with Crippen LogP contribution in [0.5, 0.6) is 0 Å². The maximum absolute atomic E-state index is 13.0. The number of carbonyl (C=O) groups excluding carboxylic acids is 1. The molecule has 1 aromatic heterocycles. The molecule has 1 fully saturated rings. The zero-order valence-electron chi connectivity index (χ0n) is 13.1. The Labute approximate surface area is 136 Å². The number of carbonyl (C=O) groups is 2. The second-order valence-electron chi connectivity index (χ2n) is 5.52. The molecule has 1 unspecified atom stereocenters. The number of hydrogen-bond acceptors (Lipinski definition) is 4. The van der Waals surface area contributed by atoms with Gasteiger partial charge in [-0.05, 0) is 38.1 Å². The molecule has 0 spiro atoms. The molecule has 2 rings (SSSR count). The number of amides is 1. The van der Waals surface area contributed by atoms with Crippen LogP contribution in [0.25, 0.3) is 0 Å². The summed E-state index contributed by atoms with van der Waals surface area (Å²) in [5, 5.41) is 9.19. The third kappa shape index (κ3) is 3.84. The van der Waals surface area contributed by atoms with Crippen molar-refractivity contribution in [1.82, 2.24) is 9.88 Å². The van der Waals surface area contributed by atoms with Gasteiger partial charge in [-0.15, -0.1) is 0 Å². The van der Waals surface area contributed by atoms with E-state index in [1.807, 2.05) is 11.8 Å². The van der Waals surface area contributed by atoms with Crippen molar-refractivity contribution in [2.75, 3.05) is 24.5 Å². The number of carboxylic acids is 1. The number of aromatic nitrogens is 1. The second-order valence-corrected chi connectivity index (χ2v) is 5.52. The molecule has 2 heterocycles. The maximum Gasteiger partial charge on any atom is 0.471 e. The van der Waals surface area contributed by atoms with Crippen molar-refractivity contribution >= 4 is 17.7 Å². The molecule has 1 amide bonds. The van der Waals surface area contributed by atoms with Gasteiger partial charge >= 0.3 is 18.1 Å². The molecular weight excluding hydrogens is 327 g/mol. The molecule has 0 saturated carbocycles. The van der Waals surface area contributed by atoms with E-state index in [1.165, 1.54) is 12.3 Å². The molecule has 1 N–H and O–H groups in total. The highest BCUT2D eigenvalue weighted by Crippen LogP contribution is 2.27. The summed E-state index contributed by atoms with van der Waals surface area (Å²) >= 11 is 0. The Hall–Kier alpha value is -2.16. The predicted molar refractivity (Wildman–Crippen MR) is 79.9 cm³/mol. The molecule has 0 radical (unpaired) electrons. The normalized spacial score (nSPS) is 18.6. The number of alkyl halides is 3. The van der Waals surface area contributed by atoms with Crippen LogP contribution in [-0.2, 0) is 4.79 Å². The Bertz CT molecular complexity index is 621. The van der Waals surface area contributed by atoms with Crippen LogP contribution in [-0.4, -0.2) is 58.7 Å². The average Bonchev–Trinajstić information content (AvgIpc) is 2.98. The van der Waals surface area contributed by atoms with Gasteiger partial charge in [-0.1, -0.05) is 6.92 Å². The summed E-state index contributed by atoms with van der Waals surface area (Å²) in [6.45, 7) is 3.02. The molecule has 1 atom stereocenters. The maximum atomic E-state index is 13.0. The first-order valence-corrected chi connectivity index (χ1v) is 7.56. The first-order chi connectivity index (χ1) is 11.3. The molecule has 132 valence electrons. The van der Waals surface area contributed by atoms with Gasteiger partial charge in [0, 0.05) is 18.8 Å². The van der Waals surface area contributed by atoms with E-state index < -0.39 is 29.4 Å². The summed E-state index contributed by atoms with van der Waals surface area (Å²) in [6, 6.07) is 2.18. The predicted octanol–water partition coefficient (Wildman–Crippen LogP) is 2.16. The highest BCUT2D eigenvalue weighted by Gasteiger charge is 2.45. The van der Waals surface area contributed by atoms with Crippen LogP contribution in [0.4, 0.5) is 19.0 Å². The van der Waals surface area contributed by atoms with Gasteiger partial charge in [-0.3, -0.25) is 14.6 Å². The van der Waals surface area contributed by atoms with Crippen LogP contribution in [0, 0.1) is 0 Å². The standard InChI is InChI=1S/C15H18F3N3O3/c1-2-20-8-4-5-10(20)9-21(14(24)15(16,17)18)12-11(13(22)23)6-3-7-19-12/h3,6-7,10H,2,4-5,8-9H2,1H3,(H,22,23). The highest BCUT2D eigenvalue weighted by atomic mass is 19.4. The third-order valence-electron chi connectivity index (χ3n) is 4.06. The number of likely N-dealkylation sites (N-methyl/N-ethyl adjacent to an activating group) is 1. The summed E-state index contributed by atoms with van der Waals surface area (Å²) < 4.78 is 39.0. The Morgan fingerprint density at radius 1 is 1.46 bits per heavy atom. The number of hydrogen-bond donors (Lipinski definition) is 1. The lowest BCUT2D eigenvalue weighted by Gasteiger charge is -2.30. The van der Waals surface area contributed by atoms with Crippen molar-refractivity contribution in [2.24, 2.45) is 0 Å². The van der Waals surface area contributed by atoms with Crippen molar-refractivity contribution < 1.29 is 27.9 Å². The van der Waals surface area contributed by atoms with Gasteiger partial charge in [0.2, 0.25) is 0 Å². The number of carboxylic acid groups (broad SMARTS) is 1. The quantitative estimate of drug-likeness (QED) is 0.885. The van der Waals surface area contributed by atoms with Crippen molar-refractivity contribution in [1.29, 1.82) is 0 Å². The van der Waals surface area contributed by atoms with Crippen LogP contribution < -0.4 is 4.90 Å². The van der Waals surface area contributed by atoms with Gasteiger partial charge in [0.05, 0.1) is 0 Å². The van der Waals surface area contributed by atoms with Crippen molar-refractivity contribution in [2.45, 2.75) is 32.0 Å². The molecule has 1 aliphatic heterocycles. The summed E-state index contributed by atoms with van der Waals surface area (Å²) in [5.41, 5.74) is -0.434. The monoisotopic (exact) mass is 345 g/mol. The molecule has 1 aliphatic rings. The number of aromatic carboxylic acids is 1. The van der Waals surface area contributed by atoms with E-state index >= 15 is 0 Å². The summed E-state index contributed by atoms with van der Waals surface area (Å²) in [5.74, 6) is -4.02. The molecule has 1 aromatic rings. The number of nitrogens with zero attached hydrogens (tertiary/aromatic N) is 3. The zero-order valence-corrected chi connectivity index (χ0v) is 13.1. The minimum atomic E-state index is -5.11. The van der Waals surface area contributed by atoms with Gasteiger partial charge in [0.25, 0.3) is 0 Å². The highest BCUT2D eigenvalue weighted by molar-refractivity contribution is 6.02. The molecule has 0 bridgehead atoms.